The highest BCUT2D eigenvalue weighted by Gasteiger charge is 2.27. The van der Waals surface area contributed by atoms with Gasteiger partial charge >= 0.3 is 0 Å². The molecule has 0 saturated carbocycles. The van der Waals surface area contributed by atoms with Crippen molar-refractivity contribution in [2.24, 2.45) is 0 Å². The van der Waals surface area contributed by atoms with Crippen LogP contribution in [0.15, 0.2) is 97.1 Å². The SMILES string of the molecule is O=C1c2cc(-n3nnc4ccccc43)ccc2Nc2ccccc2N1Cc1ccccc1. The van der Waals surface area contributed by atoms with Crippen LogP contribution in [0.25, 0.3) is 16.7 Å². The van der Waals surface area contributed by atoms with Crippen LogP contribution in [0.2, 0.25) is 0 Å². The van der Waals surface area contributed by atoms with Gasteiger partial charge in [0.2, 0.25) is 0 Å². The van der Waals surface area contributed by atoms with Crippen molar-refractivity contribution in [1.29, 1.82) is 0 Å². The summed E-state index contributed by atoms with van der Waals surface area (Å²) in [6.07, 6.45) is 0. The van der Waals surface area contributed by atoms with E-state index in [0.717, 1.165) is 39.3 Å². The van der Waals surface area contributed by atoms with Crippen LogP contribution in [0, 0.1) is 0 Å². The van der Waals surface area contributed by atoms with E-state index in [-0.39, 0.29) is 5.91 Å². The average Bonchev–Trinajstić information content (AvgIpc) is 3.23. The number of carbonyl (C=O) groups is 1. The number of fused-ring (bicyclic) bond motifs is 3. The molecule has 0 aliphatic carbocycles. The summed E-state index contributed by atoms with van der Waals surface area (Å²) in [6, 6.07) is 31.5. The van der Waals surface area contributed by atoms with Crippen LogP contribution >= 0.6 is 0 Å². The minimum atomic E-state index is -0.0624. The lowest BCUT2D eigenvalue weighted by atomic mass is 10.1. The predicted octanol–water partition coefficient (Wildman–Crippen LogP) is 5.32. The molecular formula is C26H19N5O. The first kappa shape index (κ1) is 18.3. The van der Waals surface area contributed by atoms with E-state index in [4.69, 9.17) is 0 Å². The van der Waals surface area contributed by atoms with E-state index in [0.29, 0.717) is 12.1 Å². The molecule has 6 rings (SSSR count). The number of para-hydroxylation sites is 3. The molecule has 4 aromatic carbocycles. The van der Waals surface area contributed by atoms with E-state index in [9.17, 15) is 4.79 Å². The van der Waals surface area contributed by atoms with Crippen molar-refractivity contribution in [2.45, 2.75) is 6.54 Å². The Bertz CT molecular complexity index is 1460. The molecule has 0 spiro atoms. The van der Waals surface area contributed by atoms with Crippen LogP contribution in [0.5, 0.6) is 0 Å². The smallest absolute Gasteiger partial charge is 0.260 e. The van der Waals surface area contributed by atoms with Gasteiger partial charge in [-0.25, -0.2) is 4.68 Å². The maximum Gasteiger partial charge on any atom is 0.260 e. The minimum absolute atomic E-state index is 0.0624. The predicted molar refractivity (Wildman–Crippen MR) is 126 cm³/mol. The van der Waals surface area contributed by atoms with Gasteiger partial charge in [-0.1, -0.05) is 59.8 Å². The summed E-state index contributed by atoms with van der Waals surface area (Å²) in [4.78, 5) is 15.7. The van der Waals surface area contributed by atoms with Gasteiger partial charge in [0.25, 0.3) is 5.91 Å². The van der Waals surface area contributed by atoms with E-state index in [1.807, 2.05) is 102 Å². The number of carbonyl (C=O) groups excluding carboxylic acids is 1. The lowest BCUT2D eigenvalue weighted by Crippen LogP contribution is -2.29. The summed E-state index contributed by atoms with van der Waals surface area (Å²) in [5.74, 6) is -0.0624. The molecule has 0 atom stereocenters. The number of benzene rings is 4. The molecule has 1 N–H and O–H groups in total. The molecule has 154 valence electrons. The molecule has 0 fully saturated rings. The van der Waals surface area contributed by atoms with Crippen molar-refractivity contribution < 1.29 is 4.79 Å². The monoisotopic (exact) mass is 417 g/mol. The molecule has 0 radical (unpaired) electrons. The van der Waals surface area contributed by atoms with Gasteiger partial charge in [-0.15, -0.1) is 5.10 Å². The van der Waals surface area contributed by atoms with Gasteiger partial charge in [0.15, 0.2) is 0 Å². The Morgan fingerprint density at radius 1 is 0.781 bits per heavy atom. The maximum atomic E-state index is 13.8. The number of hydrogen-bond acceptors (Lipinski definition) is 4. The average molecular weight is 417 g/mol. The van der Waals surface area contributed by atoms with Crippen LogP contribution in [0.1, 0.15) is 15.9 Å². The lowest BCUT2D eigenvalue weighted by molar-refractivity contribution is 0.0986. The standard InChI is InChI=1S/C26H19N5O/c32-26-20-16-19(31-25-13-7-5-11-23(25)28-29-31)14-15-21(20)27-22-10-4-6-12-24(22)30(26)17-18-8-2-1-3-9-18/h1-16,27H,17H2. The van der Waals surface area contributed by atoms with Crippen molar-refractivity contribution in [3.8, 4) is 5.69 Å². The summed E-state index contributed by atoms with van der Waals surface area (Å²) >= 11 is 0. The first-order chi connectivity index (χ1) is 15.8. The number of nitrogens with zero attached hydrogens (tertiary/aromatic N) is 4. The third kappa shape index (κ3) is 3.01. The summed E-state index contributed by atoms with van der Waals surface area (Å²) in [6.45, 7) is 0.480. The molecule has 1 aliphatic rings. The number of amides is 1. The highest BCUT2D eigenvalue weighted by molar-refractivity contribution is 6.13. The number of anilines is 3. The van der Waals surface area contributed by atoms with Gasteiger partial charge in [0.1, 0.15) is 5.52 Å². The fourth-order valence-corrected chi connectivity index (χ4v) is 4.15. The molecule has 0 unspecified atom stereocenters. The second-order valence-electron chi connectivity index (χ2n) is 7.74. The Labute approximate surface area is 184 Å². The second-order valence-corrected chi connectivity index (χ2v) is 7.74. The summed E-state index contributed by atoms with van der Waals surface area (Å²) < 4.78 is 1.77. The summed E-state index contributed by atoms with van der Waals surface area (Å²) in [5, 5.41) is 12.0. The van der Waals surface area contributed by atoms with Crippen molar-refractivity contribution in [1.82, 2.24) is 15.0 Å². The van der Waals surface area contributed by atoms with Crippen LogP contribution in [0.4, 0.5) is 17.1 Å². The Morgan fingerprint density at radius 3 is 2.47 bits per heavy atom. The van der Waals surface area contributed by atoms with E-state index >= 15 is 0 Å². The Balaban J connectivity index is 1.48. The zero-order chi connectivity index (χ0) is 21.5. The van der Waals surface area contributed by atoms with Crippen molar-refractivity contribution in [2.75, 3.05) is 10.2 Å². The normalized spacial score (nSPS) is 12.8. The first-order valence-corrected chi connectivity index (χ1v) is 10.4. The number of rotatable bonds is 3. The second kappa shape index (κ2) is 7.35. The Hall–Kier alpha value is -4.45. The number of aromatic nitrogens is 3. The Morgan fingerprint density at radius 2 is 1.56 bits per heavy atom. The topological polar surface area (TPSA) is 63.1 Å². The van der Waals surface area contributed by atoms with Crippen LogP contribution in [-0.2, 0) is 6.54 Å². The van der Waals surface area contributed by atoms with Crippen molar-refractivity contribution >= 4 is 34.0 Å². The van der Waals surface area contributed by atoms with Crippen LogP contribution < -0.4 is 10.2 Å². The molecule has 0 saturated heterocycles. The molecule has 1 aliphatic heterocycles. The third-order valence-electron chi connectivity index (χ3n) is 5.72. The molecule has 1 aromatic heterocycles. The fourth-order valence-electron chi connectivity index (χ4n) is 4.15. The van der Waals surface area contributed by atoms with E-state index in [1.165, 1.54) is 0 Å². The molecule has 5 aromatic rings. The Kier molecular flexibility index (Phi) is 4.21. The van der Waals surface area contributed by atoms with Crippen LogP contribution in [0.3, 0.4) is 0 Å². The molecule has 6 heteroatoms. The zero-order valence-corrected chi connectivity index (χ0v) is 17.1. The molecular weight excluding hydrogens is 398 g/mol. The highest BCUT2D eigenvalue weighted by Crippen LogP contribution is 2.37. The van der Waals surface area contributed by atoms with E-state index < -0.39 is 0 Å². The fraction of sp³-hybridized carbons (Fsp3) is 0.0385. The molecule has 6 nitrogen and oxygen atoms in total. The molecule has 32 heavy (non-hydrogen) atoms. The van der Waals surface area contributed by atoms with Gasteiger partial charge in [-0.2, -0.15) is 0 Å². The summed E-state index contributed by atoms with van der Waals surface area (Å²) in [7, 11) is 0. The van der Waals surface area contributed by atoms with E-state index in [1.54, 1.807) is 4.68 Å². The zero-order valence-electron chi connectivity index (χ0n) is 17.1. The molecule has 2 heterocycles. The van der Waals surface area contributed by atoms with Gasteiger partial charge < -0.3 is 10.2 Å². The van der Waals surface area contributed by atoms with Gasteiger partial charge in [0, 0.05) is 0 Å². The molecule has 0 bridgehead atoms. The minimum Gasteiger partial charge on any atom is -0.353 e. The molecule has 1 amide bonds. The van der Waals surface area contributed by atoms with Crippen molar-refractivity contribution in [3.63, 3.8) is 0 Å². The van der Waals surface area contributed by atoms with Gasteiger partial charge in [0.05, 0.1) is 40.4 Å². The summed E-state index contributed by atoms with van der Waals surface area (Å²) in [5.41, 5.74) is 6.67. The first-order valence-electron chi connectivity index (χ1n) is 10.4. The highest BCUT2D eigenvalue weighted by atomic mass is 16.2. The number of hydrogen-bond donors (Lipinski definition) is 1. The van der Waals surface area contributed by atoms with Gasteiger partial charge in [-0.3, -0.25) is 4.79 Å². The van der Waals surface area contributed by atoms with Crippen LogP contribution in [-0.4, -0.2) is 20.9 Å². The largest absolute Gasteiger partial charge is 0.353 e. The lowest BCUT2D eigenvalue weighted by Gasteiger charge is -2.23. The van der Waals surface area contributed by atoms with Crippen molar-refractivity contribution in [3.05, 3.63) is 108 Å². The van der Waals surface area contributed by atoms with Gasteiger partial charge in [-0.05, 0) is 48.0 Å². The number of nitrogens with one attached hydrogen (secondary N) is 1. The quantitative estimate of drug-likeness (QED) is 0.431. The van der Waals surface area contributed by atoms with E-state index in [2.05, 4.69) is 15.6 Å². The maximum absolute atomic E-state index is 13.8. The third-order valence-corrected chi connectivity index (χ3v) is 5.72.